The first-order valence-corrected chi connectivity index (χ1v) is 23.4. The molecule has 0 unspecified atom stereocenters. The number of hydrogen-bond acceptors (Lipinski definition) is 11. The number of benzene rings is 2. The number of methoxy groups -OCH3 is 2. The average Bonchev–Trinajstić information content (AvgIpc) is 3.73. The third-order valence-corrected chi connectivity index (χ3v) is 15.6. The van der Waals surface area contributed by atoms with Gasteiger partial charge in [0.05, 0.1) is 63.4 Å². The Morgan fingerprint density at radius 3 is 1.93 bits per heavy atom. The number of hydrogen-bond donors (Lipinski definition) is 2. The molecule has 15 heteroatoms. The number of nitrogens with zero attached hydrogens (tertiary/aromatic N) is 2. The molecule has 0 aliphatic carbocycles. The SMILES string of the molecule is C=C1C[C@@H](CO[Si](C)(C)C(C)(C)C)N(C(=O)c2cc(OC)c(OCCCCCOc3cc(NC(=O)OC(C)(C)C)c(C(=O)N4CC(=O)C[C@H]4CC)cc3OC)cc2N)C1. The van der Waals surface area contributed by atoms with Gasteiger partial charge in [-0.2, -0.15) is 0 Å². The fourth-order valence-electron chi connectivity index (χ4n) is 6.76. The van der Waals surface area contributed by atoms with E-state index < -0.39 is 25.9 Å². The lowest BCUT2D eigenvalue weighted by Gasteiger charge is -2.38. The summed E-state index contributed by atoms with van der Waals surface area (Å²) in [6.45, 7) is 23.9. The van der Waals surface area contributed by atoms with Crippen molar-refractivity contribution in [1.82, 2.24) is 9.80 Å². The summed E-state index contributed by atoms with van der Waals surface area (Å²) in [5.41, 5.74) is 7.65. The second-order valence-corrected chi connectivity index (χ2v) is 22.7. The molecule has 3 amide bonds. The molecule has 2 aromatic rings. The van der Waals surface area contributed by atoms with E-state index in [0.29, 0.717) is 92.7 Å². The number of ketones is 1. The van der Waals surface area contributed by atoms with Gasteiger partial charge in [0.25, 0.3) is 11.8 Å². The van der Waals surface area contributed by atoms with Crippen LogP contribution < -0.4 is 30.0 Å². The van der Waals surface area contributed by atoms with Crippen LogP contribution in [0.3, 0.4) is 0 Å². The van der Waals surface area contributed by atoms with E-state index in [0.717, 1.165) is 12.0 Å². The topological polar surface area (TPSA) is 168 Å². The molecular formula is C44H66N4O10Si. The number of Topliss-reactive ketones (excluding diaryl/α,β-unsaturated/α-hetero) is 1. The molecule has 59 heavy (non-hydrogen) atoms. The van der Waals surface area contributed by atoms with E-state index >= 15 is 0 Å². The van der Waals surface area contributed by atoms with Gasteiger partial charge in [-0.3, -0.25) is 19.7 Å². The Labute approximate surface area is 351 Å². The van der Waals surface area contributed by atoms with E-state index in [2.05, 4.69) is 45.8 Å². The fraction of sp³-hybridized carbons (Fsp3) is 0.591. The molecule has 4 rings (SSSR count). The Balaban J connectivity index is 1.36. The summed E-state index contributed by atoms with van der Waals surface area (Å²) in [5.74, 6) is 0.874. The molecule has 0 bridgehead atoms. The van der Waals surface area contributed by atoms with E-state index in [1.165, 1.54) is 25.2 Å². The zero-order valence-electron chi connectivity index (χ0n) is 37.0. The quantitative estimate of drug-likeness (QED) is 0.0681. The molecule has 0 saturated carbocycles. The first-order chi connectivity index (χ1) is 27.6. The van der Waals surface area contributed by atoms with E-state index in [1.807, 2.05) is 6.92 Å². The van der Waals surface area contributed by atoms with E-state index in [9.17, 15) is 19.2 Å². The maximum absolute atomic E-state index is 13.9. The zero-order chi connectivity index (χ0) is 43.9. The van der Waals surface area contributed by atoms with Gasteiger partial charge < -0.3 is 43.6 Å². The molecule has 3 N–H and O–H groups in total. The van der Waals surface area contributed by atoms with Crippen LogP contribution in [0.1, 0.15) is 108 Å². The number of rotatable bonds is 17. The maximum Gasteiger partial charge on any atom is 0.412 e. The number of unbranched alkanes of at least 4 members (excludes halogenated alkanes) is 2. The summed E-state index contributed by atoms with van der Waals surface area (Å²) in [6.07, 6.45) is 2.94. The highest BCUT2D eigenvalue weighted by Gasteiger charge is 2.40. The van der Waals surface area contributed by atoms with Crippen molar-refractivity contribution >= 4 is 43.4 Å². The Bertz CT molecular complexity index is 1870. The lowest BCUT2D eigenvalue weighted by molar-refractivity contribution is -0.116. The Kier molecular flexibility index (Phi) is 15.5. The third-order valence-electron chi connectivity index (χ3n) is 11.1. The van der Waals surface area contributed by atoms with Gasteiger partial charge >= 0.3 is 6.09 Å². The van der Waals surface area contributed by atoms with Crippen molar-refractivity contribution in [3.63, 3.8) is 0 Å². The molecule has 2 saturated heterocycles. The smallest absolute Gasteiger partial charge is 0.412 e. The van der Waals surface area contributed by atoms with Gasteiger partial charge in [-0.15, -0.1) is 0 Å². The second kappa shape index (κ2) is 19.5. The number of amides is 3. The minimum atomic E-state index is -2.02. The van der Waals surface area contributed by atoms with Crippen LogP contribution in [-0.2, 0) is 14.0 Å². The van der Waals surface area contributed by atoms with Gasteiger partial charge in [0.15, 0.2) is 37.1 Å². The number of nitrogens with two attached hydrogens (primary N) is 1. The molecule has 0 spiro atoms. The number of ether oxygens (including phenoxy) is 5. The number of anilines is 2. The highest BCUT2D eigenvalue weighted by Crippen LogP contribution is 2.39. The van der Waals surface area contributed by atoms with E-state index in [-0.39, 0.29) is 46.6 Å². The molecule has 326 valence electrons. The van der Waals surface area contributed by atoms with Crippen LogP contribution >= 0.6 is 0 Å². The molecule has 14 nitrogen and oxygen atoms in total. The summed E-state index contributed by atoms with van der Waals surface area (Å²) >= 11 is 0. The van der Waals surface area contributed by atoms with Crippen molar-refractivity contribution in [1.29, 1.82) is 0 Å². The summed E-state index contributed by atoms with van der Waals surface area (Å²) in [5, 5.41) is 2.75. The standard InChI is InChI=1S/C44H66N4O10Si/c1-13-29-20-31(49)26-48(29)41(51)33-22-37(54-10)39(24-35(33)46-42(52)58-43(3,4)5)56-18-16-14-15-17-55-38-23-34(45)32(21-36(38)53-9)40(50)47-25-28(2)19-30(47)27-57-59(11,12)44(6,7)8/h21-24,29-30H,2,13-20,25-27,45H2,1,3-12H3,(H,46,52)/t29-,30+/m1/s1. The number of nitrogens with one attached hydrogen (secondary N) is 1. The maximum atomic E-state index is 13.9. The van der Waals surface area contributed by atoms with Crippen LogP contribution in [0.25, 0.3) is 0 Å². The number of likely N-dealkylation sites (tertiary alicyclic amines) is 2. The average molecular weight is 839 g/mol. The lowest BCUT2D eigenvalue weighted by atomic mass is 10.1. The molecule has 0 aromatic heterocycles. The van der Waals surface area contributed by atoms with Gasteiger partial charge in [-0.1, -0.05) is 39.8 Å². The highest BCUT2D eigenvalue weighted by molar-refractivity contribution is 6.74. The molecule has 2 atom stereocenters. The normalized spacial score (nSPS) is 17.3. The van der Waals surface area contributed by atoms with Crippen LogP contribution in [0, 0.1) is 0 Å². The molecule has 0 radical (unpaired) electrons. The summed E-state index contributed by atoms with van der Waals surface area (Å²) in [6, 6.07) is 5.98. The van der Waals surface area contributed by atoms with Crippen molar-refractivity contribution in [2.75, 3.05) is 58.2 Å². The third kappa shape index (κ3) is 12.2. The minimum Gasteiger partial charge on any atom is -0.493 e. The Morgan fingerprint density at radius 2 is 1.37 bits per heavy atom. The summed E-state index contributed by atoms with van der Waals surface area (Å²) in [7, 11) is 0.978. The van der Waals surface area contributed by atoms with Gasteiger partial charge in [0.1, 0.15) is 5.60 Å². The van der Waals surface area contributed by atoms with E-state index in [1.54, 1.807) is 43.9 Å². The van der Waals surface area contributed by atoms with Crippen molar-refractivity contribution in [2.24, 2.45) is 0 Å². The molecule has 2 fully saturated rings. The van der Waals surface area contributed by atoms with Crippen LogP contribution in [0.15, 0.2) is 36.4 Å². The molecule has 2 heterocycles. The van der Waals surface area contributed by atoms with Crippen LogP contribution in [0.4, 0.5) is 16.2 Å². The van der Waals surface area contributed by atoms with Crippen LogP contribution in [0.5, 0.6) is 23.0 Å². The van der Waals surface area contributed by atoms with Crippen molar-refractivity contribution in [2.45, 2.75) is 123 Å². The molecular weight excluding hydrogens is 773 g/mol. The fourth-order valence-corrected chi connectivity index (χ4v) is 7.80. The van der Waals surface area contributed by atoms with Crippen molar-refractivity contribution in [3.05, 3.63) is 47.5 Å². The Hall–Kier alpha value is -4.76. The molecule has 2 aromatic carbocycles. The minimum absolute atomic E-state index is 0.00270. The first kappa shape index (κ1) is 46.9. The van der Waals surface area contributed by atoms with Crippen molar-refractivity contribution in [3.8, 4) is 23.0 Å². The van der Waals surface area contributed by atoms with Gasteiger partial charge in [0, 0.05) is 36.8 Å². The predicted molar refractivity (Wildman–Crippen MR) is 232 cm³/mol. The van der Waals surface area contributed by atoms with Gasteiger partial charge in [-0.25, -0.2) is 4.79 Å². The molecule has 2 aliphatic heterocycles. The number of carbonyl (C=O) groups excluding carboxylic acids is 4. The van der Waals surface area contributed by atoms with Gasteiger partial charge in [0.2, 0.25) is 0 Å². The van der Waals surface area contributed by atoms with E-state index in [4.69, 9.17) is 33.8 Å². The first-order valence-electron chi connectivity index (χ1n) is 20.5. The van der Waals surface area contributed by atoms with Crippen LogP contribution in [-0.4, -0.2) is 107 Å². The Morgan fingerprint density at radius 1 is 0.814 bits per heavy atom. The molecule has 2 aliphatic rings. The summed E-state index contributed by atoms with van der Waals surface area (Å²) in [4.78, 5) is 56.1. The van der Waals surface area contributed by atoms with Gasteiger partial charge in [-0.05, 0) is 83.1 Å². The number of carbonyl (C=O) groups is 4. The summed E-state index contributed by atoms with van der Waals surface area (Å²) < 4.78 is 35.4. The zero-order valence-corrected chi connectivity index (χ0v) is 38.0. The predicted octanol–water partition coefficient (Wildman–Crippen LogP) is 8.25. The lowest BCUT2D eigenvalue weighted by Crippen LogP contribution is -2.46. The second-order valence-electron chi connectivity index (χ2n) is 17.9. The van der Waals surface area contributed by atoms with Crippen molar-refractivity contribution < 1.29 is 47.3 Å². The largest absolute Gasteiger partial charge is 0.493 e. The van der Waals surface area contributed by atoms with Crippen LogP contribution in [0.2, 0.25) is 18.1 Å². The highest BCUT2D eigenvalue weighted by atomic mass is 28.4. The number of nitrogen functional groups attached to an aromatic ring is 1. The monoisotopic (exact) mass is 838 g/mol.